The van der Waals surface area contributed by atoms with Gasteiger partial charge in [-0.15, -0.1) is 24.8 Å². The minimum Gasteiger partial charge on any atom is -0.327 e. The lowest BCUT2D eigenvalue weighted by Crippen LogP contribution is -2.48. The Balaban J connectivity index is 0.00000121. The van der Waals surface area contributed by atoms with E-state index in [0.717, 1.165) is 24.2 Å². The van der Waals surface area contributed by atoms with Gasteiger partial charge >= 0.3 is 0 Å². The molecule has 4 nitrogen and oxygen atoms in total. The van der Waals surface area contributed by atoms with Crippen molar-refractivity contribution in [2.75, 3.05) is 5.32 Å². The van der Waals surface area contributed by atoms with E-state index >= 15 is 0 Å². The highest BCUT2D eigenvalue weighted by atomic mass is 35.5. The quantitative estimate of drug-likeness (QED) is 0.863. The van der Waals surface area contributed by atoms with E-state index in [-0.39, 0.29) is 36.6 Å². The minimum absolute atomic E-state index is 0. The van der Waals surface area contributed by atoms with Crippen LogP contribution < -0.4 is 11.1 Å². The lowest BCUT2D eigenvalue weighted by Gasteiger charge is -2.43. The van der Waals surface area contributed by atoms with Crippen LogP contribution in [0.2, 0.25) is 0 Å². The van der Waals surface area contributed by atoms with E-state index in [9.17, 15) is 4.79 Å². The fraction of sp³-hybridized carbons (Fsp3) is 0.625. The zero-order valence-corrected chi connectivity index (χ0v) is 14.5. The van der Waals surface area contributed by atoms with Crippen molar-refractivity contribution in [2.45, 2.75) is 45.1 Å². The molecule has 0 radical (unpaired) electrons. The highest BCUT2D eigenvalue weighted by Crippen LogP contribution is 2.42. The molecule has 0 spiro atoms. The number of rotatable bonds is 2. The highest BCUT2D eigenvalue weighted by Gasteiger charge is 2.40. The van der Waals surface area contributed by atoms with Crippen LogP contribution in [0.15, 0.2) is 18.3 Å². The lowest BCUT2D eigenvalue weighted by molar-refractivity contribution is -0.122. The van der Waals surface area contributed by atoms with Gasteiger partial charge in [0.15, 0.2) is 0 Å². The van der Waals surface area contributed by atoms with Crippen LogP contribution in [-0.4, -0.2) is 16.9 Å². The SMILES string of the molecule is Cc1cc(NC(=O)C2CC3CCCC(C2)C3N)ccn1.Cl.Cl. The van der Waals surface area contributed by atoms with Gasteiger partial charge in [-0.3, -0.25) is 9.78 Å². The maximum Gasteiger partial charge on any atom is 0.227 e. The number of carbonyl (C=O) groups is 1. The molecule has 2 unspecified atom stereocenters. The van der Waals surface area contributed by atoms with Crippen LogP contribution in [0.4, 0.5) is 5.69 Å². The second-order valence-electron chi connectivity index (χ2n) is 6.37. The van der Waals surface area contributed by atoms with Gasteiger partial charge < -0.3 is 11.1 Å². The Labute approximate surface area is 144 Å². The molecule has 1 heterocycles. The summed E-state index contributed by atoms with van der Waals surface area (Å²) < 4.78 is 0. The molecule has 2 bridgehead atoms. The van der Waals surface area contributed by atoms with Crippen LogP contribution in [0.1, 0.15) is 37.8 Å². The lowest BCUT2D eigenvalue weighted by atomic mass is 9.65. The van der Waals surface area contributed by atoms with Gasteiger partial charge in [-0.1, -0.05) is 6.42 Å². The molecule has 3 rings (SSSR count). The number of nitrogens with two attached hydrogens (primary N) is 1. The molecular formula is C16H25Cl2N3O. The summed E-state index contributed by atoms with van der Waals surface area (Å²) >= 11 is 0. The van der Waals surface area contributed by atoms with E-state index in [1.807, 2.05) is 19.1 Å². The van der Waals surface area contributed by atoms with E-state index in [1.54, 1.807) is 6.20 Å². The number of carbonyl (C=O) groups excluding carboxylic acids is 1. The third-order valence-corrected chi connectivity index (χ3v) is 4.95. The molecule has 0 saturated heterocycles. The molecule has 1 aromatic heterocycles. The Morgan fingerprint density at radius 1 is 1.27 bits per heavy atom. The van der Waals surface area contributed by atoms with E-state index < -0.39 is 0 Å². The molecule has 2 saturated carbocycles. The molecule has 6 heteroatoms. The van der Waals surface area contributed by atoms with Gasteiger partial charge in [-0.25, -0.2) is 0 Å². The van der Waals surface area contributed by atoms with Gasteiger partial charge in [0.05, 0.1) is 0 Å². The van der Waals surface area contributed by atoms with Crippen LogP contribution in [0.25, 0.3) is 0 Å². The fourth-order valence-electron chi connectivity index (χ4n) is 3.87. The van der Waals surface area contributed by atoms with E-state index in [4.69, 9.17) is 5.73 Å². The largest absolute Gasteiger partial charge is 0.327 e. The summed E-state index contributed by atoms with van der Waals surface area (Å²) in [5.74, 6) is 1.35. The van der Waals surface area contributed by atoms with E-state index in [0.29, 0.717) is 17.9 Å². The van der Waals surface area contributed by atoms with Crippen molar-refractivity contribution in [3.05, 3.63) is 24.0 Å². The monoisotopic (exact) mass is 345 g/mol. The second-order valence-corrected chi connectivity index (χ2v) is 6.37. The van der Waals surface area contributed by atoms with Crippen LogP contribution in [0.5, 0.6) is 0 Å². The number of nitrogens with one attached hydrogen (secondary N) is 1. The Morgan fingerprint density at radius 2 is 1.91 bits per heavy atom. The molecular weight excluding hydrogens is 321 g/mol. The summed E-state index contributed by atoms with van der Waals surface area (Å²) in [6.45, 7) is 1.93. The summed E-state index contributed by atoms with van der Waals surface area (Å²) in [6.07, 6.45) is 7.30. The Hall–Kier alpha value is -0.840. The summed E-state index contributed by atoms with van der Waals surface area (Å²) in [5, 5.41) is 3.04. The van der Waals surface area contributed by atoms with Crippen molar-refractivity contribution in [1.29, 1.82) is 0 Å². The summed E-state index contributed by atoms with van der Waals surface area (Å²) in [6, 6.07) is 4.07. The van der Waals surface area contributed by atoms with Crippen LogP contribution >= 0.6 is 24.8 Å². The Kier molecular flexibility index (Phi) is 7.10. The standard InChI is InChI=1S/C16H23N3O.2ClH/c1-10-7-14(5-6-18-10)19-16(20)13-8-11-3-2-4-12(9-13)15(11)17;;/h5-7,11-13,15H,2-4,8-9,17H2,1H3,(H,18,19,20);2*1H. The molecule has 0 aliphatic heterocycles. The van der Waals surface area contributed by atoms with Crippen LogP contribution in [0, 0.1) is 24.7 Å². The highest BCUT2D eigenvalue weighted by molar-refractivity contribution is 5.92. The van der Waals surface area contributed by atoms with Gasteiger partial charge in [0.2, 0.25) is 5.91 Å². The normalized spacial score (nSPS) is 29.7. The topological polar surface area (TPSA) is 68.0 Å². The predicted molar refractivity (Wildman–Crippen MR) is 93.6 cm³/mol. The van der Waals surface area contributed by atoms with Crippen LogP contribution in [-0.2, 0) is 4.79 Å². The number of aryl methyl sites for hydroxylation is 1. The molecule has 124 valence electrons. The Morgan fingerprint density at radius 3 is 2.50 bits per heavy atom. The third-order valence-electron chi connectivity index (χ3n) is 4.95. The number of nitrogens with zero attached hydrogens (tertiary/aromatic N) is 1. The van der Waals surface area contributed by atoms with Crippen molar-refractivity contribution in [2.24, 2.45) is 23.5 Å². The summed E-state index contributed by atoms with van der Waals surface area (Å²) in [7, 11) is 0. The van der Waals surface area contributed by atoms with Gasteiger partial charge in [-0.05, 0) is 56.6 Å². The average Bonchev–Trinajstić information content (AvgIpc) is 2.38. The summed E-state index contributed by atoms with van der Waals surface area (Å²) in [4.78, 5) is 16.6. The third kappa shape index (κ3) is 4.12. The predicted octanol–water partition coefficient (Wildman–Crippen LogP) is 3.33. The number of hydrogen-bond donors (Lipinski definition) is 2. The molecule has 0 aromatic carbocycles. The summed E-state index contributed by atoms with van der Waals surface area (Å²) in [5.41, 5.74) is 8.05. The van der Waals surface area contributed by atoms with Gasteiger partial charge in [0, 0.05) is 29.5 Å². The first kappa shape index (κ1) is 19.2. The maximum atomic E-state index is 12.4. The zero-order chi connectivity index (χ0) is 14.1. The number of anilines is 1. The van der Waals surface area contributed by atoms with Crippen molar-refractivity contribution >= 4 is 36.4 Å². The number of aromatic nitrogens is 1. The average molecular weight is 346 g/mol. The van der Waals surface area contributed by atoms with Gasteiger partial charge in [-0.2, -0.15) is 0 Å². The van der Waals surface area contributed by atoms with Gasteiger partial charge in [0.1, 0.15) is 0 Å². The number of fused-ring (bicyclic) bond motifs is 2. The first-order chi connectivity index (χ1) is 9.63. The minimum atomic E-state index is 0. The molecule has 2 atom stereocenters. The number of pyridine rings is 1. The van der Waals surface area contributed by atoms with E-state index in [2.05, 4.69) is 10.3 Å². The first-order valence-electron chi connectivity index (χ1n) is 7.62. The number of halogens is 2. The van der Waals surface area contributed by atoms with E-state index in [1.165, 1.54) is 19.3 Å². The number of amides is 1. The van der Waals surface area contributed by atoms with Crippen molar-refractivity contribution in [3.8, 4) is 0 Å². The van der Waals surface area contributed by atoms with Crippen molar-refractivity contribution in [3.63, 3.8) is 0 Å². The smallest absolute Gasteiger partial charge is 0.227 e. The first-order valence-corrected chi connectivity index (χ1v) is 7.62. The van der Waals surface area contributed by atoms with Gasteiger partial charge in [0.25, 0.3) is 0 Å². The van der Waals surface area contributed by atoms with Crippen molar-refractivity contribution < 1.29 is 4.79 Å². The maximum absolute atomic E-state index is 12.4. The van der Waals surface area contributed by atoms with Crippen LogP contribution in [0.3, 0.4) is 0 Å². The molecule has 2 aliphatic carbocycles. The Bertz CT molecular complexity index is 498. The molecule has 2 aliphatic rings. The fourth-order valence-corrected chi connectivity index (χ4v) is 3.87. The molecule has 3 N–H and O–H groups in total. The molecule has 2 fully saturated rings. The second kappa shape index (κ2) is 8.14. The molecule has 1 amide bonds. The van der Waals surface area contributed by atoms with Crippen molar-refractivity contribution in [1.82, 2.24) is 4.98 Å². The molecule has 1 aromatic rings. The zero-order valence-electron chi connectivity index (χ0n) is 12.8. The molecule has 22 heavy (non-hydrogen) atoms. The number of hydrogen-bond acceptors (Lipinski definition) is 3.